The fourth-order valence-corrected chi connectivity index (χ4v) is 0.832. The molecule has 0 saturated heterocycles. The van der Waals surface area contributed by atoms with Gasteiger partial charge < -0.3 is 4.74 Å². The Labute approximate surface area is 70.4 Å². The summed E-state index contributed by atoms with van der Waals surface area (Å²) in [7, 11) is 1.75. The van der Waals surface area contributed by atoms with E-state index in [9.17, 15) is 0 Å². The maximum atomic E-state index is 4.94. The third-order valence-corrected chi connectivity index (χ3v) is 1.49. The lowest BCUT2D eigenvalue weighted by molar-refractivity contribution is 0.196. The van der Waals surface area contributed by atoms with E-state index in [-0.39, 0.29) is 0 Å². The lowest BCUT2D eigenvalue weighted by Gasteiger charge is -1.96. The van der Waals surface area contributed by atoms with Gasteiger partial charge >= 0.3 is 0 Å². The zero-order valence-electron chi connectivity index (χ0n) is 7.97. The van der Waals surface area contributed by atoms with E-state index in [0.29, 0.717) is 0 Å². The molecule has 0 N–H and O–H groups in total. The molecule has 0 unspecified atom stereocenters. The zero-order valence-corrected chi connectivity index (χ0v) is 7.97. The molecule has 0 amide bonds. The number of hydrogen-bond acceptors (Lipinski definition) is 1. The summed E-state index contributed by atoms with van der Waals surface area (Å²) in [5.41, 5.74) is 0. The summed E-state index contributed by atoms with van der Waals surface area (Å²) in [4.78, 5) is 0. The maximum absolute atomic E-state index is 4.94. The van der Waals surface area contributed by atoms with E-state index in [1.54, 1.807) is 7.11 Å². The topological polar surface area (TPSA) is 9.23 Å². The molecular formula is C10H20O. The van der Waals surface area contributed by atoms with Gasteiger partial charge in [-0.25, -0.2) is 0 Å². The Morgan fingerprint density at radius 2 is 2.00 bits per heavy atom. The highest BCUT2D eigenvalue weighted by Crippen LogP contribution is 2.01. The van der Waals surface area contributed by atoms with Crippen LogP contribution in [0.1, 0.15) is 33.1 Å². The van der Waals surface area contributed by atoms with Gasteiger partial charge in [-0.2, -0.15) is 0 Å². The first kappa shape index (κ1) is 10.7. The second-order valence-electron chi connectivity index (χ2n) is 3.24. The van der Waals surface area contributed by atoms with Gasteiger partial charge in [0.2, 0.25) is 0 Å². The predicted octanol–water partition coefficient (Wildman–Crippen LogP) is 3.02. The first-order chi connectivity index (χ1) is 5.27. The Kier molecular flexibility index (Phi) is 7.59. The smallest absolute Gasteiger partial charge is 0.0465 e. The number of ether oxygens (including phenoxy) is 1. The van der Waals surface area contributed by atoms with Gasteiger partial charge in [-0.3, -0.25) is 0 Å². The Hall–Kier alpha value is -0.300. The van der Waals surface area contributed by atoms with Crippen LogP contribution in [0.15, 0.2) is 12.2 Å². The van der Waals surface area contributed by atoms with Crippen molar-refractivity contribution in [1.29, 1.82) is 0 Å². The molecule has 0 atom stereocenters. The first-order valence-corrected chi connectivity index (χ1v) is 4.41. The second-order valence-corrected chi connectivity index (χ2v) is 3.24. The standard InChI is InChI=1S/C10H20O/c1-10(2)8-6-4-5-7-9-11-3/h4,6,10H,5,7-9H2,1-3H3/b6-4-. The van der Waals surface area contributed by atoms with E-state index < -0.39 is 0 Å². The molecule has 66 valence electrons. The van der Waals surface area contributed by atoms with Gasteiger partial charge in [0.15, 0.2) is 0 Å². The molecule has 0 fully saturated rings. The summed E-state index contributed by atoms with van der Waals surface area (Å²) in [6.07, 6.45) is 8.01. The molecule has 1 heteroatoms. The quantitative estimate of drug-likeness (QED) is 0.424. The molecule has 0 aromatic heterocycles. The Bertz CT molecular complexity index is 95.0. The summed E-state index contributed by atoms with van der Waals surface area (Å²) in [5, 5.41) is 0. The minimum Gasteiger partial charge on any atom is -0.385 e. The number of rotatable bonds is 6. The van der Waals surface area contributed by atoms with Gasteiger partial charge in [-0.15, -0.1) is 0 Å². The van der Waals surface area contributed by atoms with Crippen LogP contribution in [0.2, 0.25) is 0 Å². The summed E-state index contributed by atoms with van der Waals surface area (Å²) >= 11 is 0. The number of methoxy groups -OCH3 is 1. The third kappa shape index (κ3) is 9.70. The van der Waals surface area contributed by atoms with Crippen molar-refractivity contribution < 1.29 is 4.74 Å². The van der Waals surface area contributed by atoms with E-state index in [0.717, 1.165) is 25.4 Å². The van der Waals surface area contributed by atoms with Crippen LogP contribution in [0.3, 0.4) is 0 Å². The molecule has 0 radical (unpaired) electrons. The van der Waals surface area contributed by atoms with Crippen molar-refractivity contribution in [2.75, 3.05) is 13.7 Å². The highest BCUT2D eigenvalue weighted by Gasteiger charge is 1.86. The van der Waals surface area contributed by atoms with Gasteiger partial charge in [0.05, 0.1) is 0 Å². The van der Waals surface area contributed by atoms with E-state index in [1.165, 1.54) is 6.42 Å². The van der Waals surface area contributed by atoms with Crippen LogP contribution in [0.4, 0.5) is 0 Å². The zero-order chi connectivity index (χ0) is 8.53. The molecule has 0 rings (SSSR count). The van der Waals surface area contributed by atoms with E-state index in [4.69, 9.17) is 4.74 Å². The first-order valence-electron chi connectivity index (χ1n) is 4.41. The van der Waals surface area contributed by atoms with Crippen molar-refractivity contribution in [3.63, 3.8) is 0 Å². The van der Waals surface area contributed by atoms with Crippen LogP contribution < -0.4 is 0 Å². The van der Waals surface area contributed by atoms with Gasteiger partial charge in [0.1, 0.15) is 0 Å². The third-order valence-electron chi connectivity index (χ3n) is 1.49. The molecule has 0 spiro atoms. The van der Waals surface area contributed by atoms with Crippen LogP contribution >= 0.6 is 0 Å². The minimum absolute atomic E-state index is 0.786. The van der Waals surface area contributed by atoms with E-state index in [1.807, 2.05) is 0 Å². The van der Waals surface area contributed by atoms with Crippen molar-refractivity contribution in [3.05, 3.63) is 12.2 Å². The molecule has 11 heavy (non-hydrogen) atoms. The molecule has 0 aliphatic carbocycles. The predicted molar refractivity (Wildman–Crippen MR) is 49.7 cm³/mol. The van der Waals surface area contributed by atoms with Crippen LogP contribution in [-0.2, 0) is 4.74 Å². The average molecular weight is 156 g/mol. The van der Waals surface area contributed by atoms with Gasteiger partial charge in [0, 0.05) is 13.7 Å². The largest absolute Gasteiger partial charge is 0.385 e. The van der Waals surface area contributed by atoms with Gasteiger partial charge in [0.25, 0.3) is 0 Å². The number of allylic oxidation sites excluding steroid dienone is 2. The number of unbranched alkanes of at least 4 members (excludes halogenated alkanes) is 1. The molecule has 0 aromatic rings. The van der Waals surface area contributed by atoms with Gasteiger partial charge in [-0.05, 0) is 25.2 Å². The van der Waals surface area contributed by atoms with Crippen LogP contribution in [0.25, 0.3) is 0 Å². The normalized spacial score (nSPS) is 11.6. The Morgan fingerprint density at radius 1 is 1.27 bits per heavy atom. The summed E-state index contributed by atoms with van der Waals surface area (Å²) in [5.74, 6) is 0.786. The van der Waals surface area contributed by atoms with Crippen LogP contribution in [-0.4, -0.2) is 13.7 Å². The maximum Gasteiger partial charge on any atom is 0.0465 e. The molecule has 1 nitrogen and oxygen atoms in total. The highest BCUT2D eigenvalue weighted by molar-refractivity contribution is 4.82. The van der Waals surface area contributed by atoms with Gasteiger partial charge in [-0.1, -0.05) is 26.0 Å². The van der Waals surface area contributed by atoms with E-state index in [2.05, 4.69) is 26.0 Å². The van der Waals surface area contributed by atoms with E-state index >= 15 is 0 Å². The molecule has 0 aliphatic heterocycles. The molecule has 0 bridgehead atoms. The Balaban J connectivity index is 3.03. The SMILES string of the molecule is COCCC/C=C\CC(C)C. The molecule has 0 aliphatic rings. The molecule has 0 heterocycles. The lowest BCUT2D eigenvalue weighted by atomic mass is 10.1. The monoisotopic (exact) mass is 156 g/mol. The molecule has 0 aromatic carbocycles. The lowest BCUT2D eigenvalue weighted by Crippen LogP contribution is -1.86. The molecule has 0 saturated carbocycles. The van der Waals surface area contributed by atoms with Crippen molar-refractivity contribution in [3.8, 4) is 0 Å². The fourth-order valence-electron chi connectivity index (χ4n) is 0.832. The van der Waals surface area contributed by atoms with Crippen LogP contribution in [0.5, 0.6) is 0 Å². The Morgan fingerprint density at radius 3 is 2.55 bits per heavy atom. The highest BCUT2D eigenvalue weighted by atomic mass is 16.5. The second kappa shape index (κ2) is 7.80. The minimum atomic E-state index is 0.786. The summed E-state index contributed by atoms with van der Waals surface area (Å²) < 4.78 is 4.94. The average Bonchev–Trinajstić information content (AvgIpc) is 1.96. The van der Waals surface area contributed by atoms with Crippen LogP contribution in [0, 0.1) is 5.92 Å². The number of hydrogen-bond donors (Lipinski definition) is 0. The summed E-state index contributed by atoms with van der Waals surface area (Å²) in [6.45, 7) is 5.35. The fraction of sp³-hybridized carbons (Fsp3) is 0.800. The van der Waals surface area contributed by atoms with Crippen molar-refractivity contribution in [2.24, 2.45) is 5.92 Å². The van der Waals surface area contributed by atoms with Crippen molar-refractivity contribution >= 4 is 0 Å². The van der Waals surface area contributed by atoms with Crippen molar-refractivity contribution in [2.45, 2.75) is 33.1 Å². The van der Waals surface area contributed by atoms with Crippen molar-refractivity contribution in [1.82, 2.24) is 0 Å². The summed E-state index contributed by atoms with van der Waals surface area (Å²) in [6, 6.07) is 0. The molecular weight excluding hydrogens is 136 g/mol.